The second-order valence-electron chi connectivity index (χ2n) is 8.70. The molecule has 0 radical (unpaired) electrons. The van der Waals surface area contributed by atoms with Gasteiger partial charge in [-0.05, 0) is 54.8 Å². The summed E-state index contributed by atoms with van der Waals surface area (Å²) < 4.78 is 38.4. The van der Waals surface area contributed by atoms with E-state index in [9.17, 15) is 27.9 Å². The van der Waals surface area contributed by atoms with E-state index in [1.54, 1.807) is 19.1 Å². The van der Waals surface area contributed by atoms with Crippen molar-refractivity contribution in [1.82, 2.24) is 15.2 Å². The predicted octanol–water partition coefficient (Wildman–Crippen LogP) is 4.38. The lowest BCUT2D eigenvalue weighted by Gasteiger charge is -2.36. The number of nitrogens with one attached hydrogen (secondary N) is 1. The fourth-order valence-electron chi connectivity index (χ4n) is 3.79. The van der Waals surface area contributed by atoms with E-state index < -0.39 is 29.9 Å². The van der Waals surface area contributed by atoms with Gasteiger partial charge in [-0.15, -0.1) is 0 Å². The van der Waals surface area contributed by atoms with Gasteiger partial charge in [-0.1, -0.05) is 35.9 Å². The third-order valence-corrected chi connectivity index (χ3v) is 5.90. The van der Waals surface area contributed by atoms with Crippen molar-refractivity contribution in [2.24, 2.45) is 0 Å². The molecule has 0 bridgehead atoms. The van der Waals surface area contributed by atoms with Crippen molar-refractivity contribution in [3.05, 3.63) is 88.7 Å². The number of benzene rings is 2. The lowest BCUT2D eigenvalue weighted by Crippen LogP contribution is -2.53. The van der Waals surface area contributed by atoms with Crippen LogP contribution in [0.25, 0.3) is 11.1 Å². The molecule has 4 rings (SSSR count). The molecule has 0 unspecified atom stereocenters. The summed E-state index contributed by atoms with van der Waals surface area (Å²) in [5.41, 5.74) is 2.50. The lowest BCUT2D eigenvalue weighted by atomic mass is 9.97. The minimum absolute atomic E-state index is 0.229. The van der Waals surface area contributed by atoms with Gasteiger partial charge in [-0.3, -0.25) is 14.6 Å². The van der Waals surface area contributed by atoms with Gasteiger partial charge in [-0.2, -0.15) is 13.2 Å². The number of aromatic nitrogens is 1. The van der Waals surface area contributed by atoms with E-state index >= 15 is 0 Å². The molecule has 0 aliphatic carbocycles. The first-order valence-corrected chi connectivity index (χ1v) is 11.0. The number of aliphatic hydroxyl groups excluding tert-OH is 1. The second-order valence-corrected chi connectivity index (χ2v) is 8.70. The molecule has 1 aliphatic heterocycles. The third-order valence-electron chi connectivity index (χ3n) is 5.90. The van der Waals surface area contributed by atoms with Crippen LogP contribution in [0.15, 0.2) is 60.8 Å². The maximum atomic E-state index is 13.1. The standard InChI is InChI=1S/C26H24F3N3O3/c1-15-3-5-17(6-4-15)19-9-20(11-21(10-19)25(35)32-13-22(33)14-32)24(34)31-16(2)18-7-8-23(30-12-18)26(27,28)29/h3-12,16,22,33H,13-14H2,1-2H3,(H,31,34)/t16-/m1/s1. The fraction of sp³-hybridized carbons (Fsp3) is 0.269. The molecule has 1 aliphatic rings. The molecule has 0 spiro atoms. The average molecular weight is 483 g/mol. The van der Waals surface area contributed by atoms with Crippen LogP contribution in [0.1, 0.15) is 50.5 Å². The van der Waals surface area contributed by atoms with Crippen LogP contribution >= 0.6 is 0 Å². The molecule has 35 heavy (non-hydrogen) atoms. The highest BCUT2D eigenvalue weighted by atomic mass is 19.4. The van der Waals surface area contributed by atoms with Crippen LogP contribution in [0.3, 0.4) is 0 Å². The Bertz CT molecular complexity index is 1240. The molecule has 182 valence electrons. The van der Waals surface area contributed by atoms with Crippen molar-refractivity contribution in [1.29, 1.82) is 0 Å². The molecule has 3 aromatic rings. The fourth-order valence-corrected chi connectivity index (χ4v) is 3.79. The first-order chi connectivity index (χ1) is 16.5. The highest BCUT2D eigenvalue weighted by Crippen LogP contribution is 2.28. The summed E-state index contributed by atoms with van der Waals surface area (Å²) in [4.78, 5) is 31.0. The predicted molar refractivity (Wildman–Crippen MR) is 124 cm³/mol. The topological polar surface area (TPSA) is 82.5 Å². The summed E-state index contributed by atoms with van der Waals surface area (Å²) in [6.07, 6.45) is -4.02. The minimum Gasteiger partial charge on any atom is -0.389 e. The van der Waals surface area contributed by atoms with Crippen LogP contribution < -0.4 is 5.32 Å². The van der Waals surface area contributed by atoms with Gasteiger partial charge in [-0.25, -0.2) is 0 Å². The maximum Gasteiger partial charge on any atom is 0.433 e. The number of pyridine rings is 1. The zero-order valence-electron chi connectivity index (χ0n) is 19.1. The first-order valence-electron chi connectivity index (χ1n) is 11.0. The van der Waals surface area contributed by atoms with Crippen LogP contribution in [-0.4, -0.2) is 46.0 Å². The molecule has 1 saturated heterocycles. The van der Waals surface area contributed by atoms with E-state index in [0.717, 1.165) is 23.4 Å². The minimum atomic E-state index is -4.54. The molecule has 1 atom stereocenters. The number of likely N-dealkylation sites (tertiary alicyclic amines) is 1. The van der Waals surface area contributed by atoms with Crippen molar-refractivity contribution in [3.63, 3.8) is 0 Å². The van der Waals surface area contributed by atoms with E-state index in [4.69, 9.17) is 0 Å². The lowest BCUT2D eigenvalue weighted by molar-refractivity contribution is -0.141. The summed E-state index contributed by atoms with van der Waals surface area (Å²) in [6.45, 7) is 4.05. The number of hydrogen-bond donors (Lipinski definition) is 2. The third kappa shape index (κ3) is 5.51. The molecule has 2 N–H and O–H groups in total. The number of amides is 2. The molecule has 1 fully saturated rings. The Labute approximate surface area is 200 Å². The summed E-state index contributed by atoms with van der Waals surface area (Å²) in [7, 11) is 0. The van der Waals surface area contributed by atoms with E-state index in [2.05, 4.69) is 10.3 Å². The highest BCUT2D eigenvalue weighted by Gasteiger charge is 2.32. The van der Waals surface area contributed by atoms with Gasteiger partial charge in [0.05, 0.1) is 12.1 Å². The smallest absolute Gasteiger partial charge is 0.389 e. The van der Waals surface area contributed by atoms with Crippen molar-refractivity contribution in [2.45, 2.75) is 32.2 Å². The Hall–Kier alpha value is -3.72. The Kier molecular flexibility index (Phi) is 6.62. The van der Waals surface area contributed by atoms with E-state index in [1.807, 2.05) is 31.2 Å². The normalized spacial score (nSPS) is 14.9. The van der Waals surface area contributed by atoms with Gasteiger partial charge in [0.25, 0.3) is 11.8 Å². The van der Waals surface area contributed by atoms with Gasteiger partial charge < -0.3 is 15.3 Å². The van der Waals surface area contributed by atoms with Crippen LogP contribution in [0, 0.1) is 6.92 Å². The maximum absolute atomic E-state index is 13.1. The Balaban J connectivity index is 1.61. The zero-order valence-corrected chi connectivity index (χ0v) is 19.1. The number of rotatable bonds is 5. The van der Waals surface area contributed by atoms with E-state index in [-0.39, 0.29) is 24.6 Å². The molecule has 6 nitrogen and oxygen atoms in total. The van der Waals surface area contributed by atoms with Crippen LogP contribution in [0.2, 0.25) is 0 Å². The largest absolute Gasteiger partial charge is 0.433 e. The molecule has 2 amide bonds. The van der Waals surface area contributed by atoms with Gasteiger partial charge in [0.1, 0.15) is 5.69 Å². The molecule has 0 saturated carbocycles. The molecule has 1 aromatic heterocycles. The van der Waals surface area contributed by atoms with Gasteiger partial charge >= 0.3 is 6.18 Å². The summed E-state index contributed by atoms with van der Waals surface area (Å²) in [5.74, 6) is -0.776. The van der Waals surface area contributed by atoms with Gasteiger partial charge in [0.2, 0.25) is 0 Å². The number of carbonyl (C=O) groups is 2. The van der Waals surface area contributed by atoms with Crippen LogP contribution in [0.4, 0.5) is 13.2 Å². The number of halogens is 3. The van der Waals surface area contributed by atoms with E-state index in [1.165, 1.54) is 17.0 Å². The summed E-state index contributed by atoms with van der Waals surface area (Å²) in [6, 6.07) is 14.0. The molecule has 2 heterocycles. The van der Waals surface area contributed by atoms with Crippen molar-refractivity contribution in [2.75, 3.05) is 13.1 Å². The van der Waals surface area contributed by atoms with Crippen molar-refractivity contribution >= 4 is 11.8 Å². The number of carbonyl (C=O) groups excluding carboxylic acids is 2. The Morgan fingerprint density at radius 3 is 2.26 bits per heavy atom. The molecular formula is C26H24F3N3O3. The quantitative estimate of drug-likeness (QED) is 0.564. The first kappa shape index (κ1) is 24.4. The average Bonchev–Trinajstić information content (AvgIpc) is 2.81. The SMILES string of the molecule is Cc1ccc(-c2cc(C(=O)N[C@H](C)c3ccc(C(F)(F)F)nc3)cc(C(=O)N3CC(O)C3)c2)cc1. The number of hydrogen-bond acceptors (Lipinski definition) is 4. The summed E-state index contributed by atoms with van der Waals surface area (Å²) >= 11 is 0. The Morgan fingerprint density at radius 2 is 1.69 bits per heavy atom. The van der Waals surface area contributed by atoms with Crippen molar-refractivity contribution in [3.8, 4) is 11.1 Å². The monoisotopic (exact) mass is 483 g/mol. The number of aryl methyl sites for hydroxylation is 1. The number of nitrogens with zero attached hydrogens (tertiary/aromatic N) is 2. The van der Waals surface area contributed by atoms with Crippen molar-refractivity contribution < 1.29 is 27.9 Å². The van der Waals surface area contributed by atoms with Gasteiger partial charge in [0.15, 0.2) is 0 Å². The highest BCUT2D eigenvalue weighted by molar-refractivity contribution is 6.02. The van der Waals surface area contributed by atoms with E-state index in [0.29, 0.717) is 16.7 Å². The molecular weight excluding hydrogens is 459 g/mol. The number of alkyl halides is 3. The second kappa shape index (κ2) is 9.50. The molecule has 9 heteroatoms. The van der Waals surface area contributed by atoms with Gasteiger partial charge in [0, 0.05) is 30.4 Å². The number of aliphatic hydroxyl groups is 1. The number of β-amino-alcohol motifs (C(OH)–C–C–N with tert-alkyl or cyclic N) is 1. The zero-order chi connectivity index (χ0) is 25.3. The Morgan fingerprint density at radius 1 is 1.03 bits per heavy atom. The molecule has 2 aromatic carbocycles. The summed E-state index contributed by atoms with van der Waals surface area (Å²) in [5, 5.41) is 12.3. The van der Waals surface area contributed by atoms with Crippen LogP contribution in [-0.2, 0) is 6.18 Å². The van der Waals surface area contributed by atoms with Crippen LogP contribution in [0.5, 0.6) is 0 Å².